The van der Waals surface area contributed by atoms with Gasteiger partial charge in [-0.05, 0) is 96.3 Å². The highest BCUT2D eigenvalue weighted by Crippen LogP contribution is 2.17. The van der Waals surface area contributed by atoms with E-state index in [0.29, 0.717) is 25.7 Å². The second kappa shape index (κ2) is 50.3. The molecule has 0 aromatic carbocycles. The molecule has 0 radical (unpaired) electrons. The molecule has 0 aliphatic heterocycles. The van der Waals surface area contributed by atoms with Crippen molar-refractivity contribution in [3.8, 4) is 0 Å². The number of hydrogen-bond acceptors (Lipinski definition) is 5. The molecule has 0 bridgehead atoms. The summed E-state index contributed by atoms with van der Waals surface area (Å²) in [7, 11) is 0. The minimum atomic E-state index is -0.803. The number of carbonyl (C=O) groups excluding carboxylic acids is 2. The molecule has 63 heavy (non-hydrogen) atoms. The molecule has 0 spiro atoms. The van der Waals surface area contributed by atoms with Gasteiger partial charge in [0, 0.05) is 6.42 Å². The average molecular weight is 880 g/mol. The van der Waals surface area contributed by atoms with Gasteiger partial charge < -0.3 is 20.3 Å². The van der Waals surface area contributed by atoms with Crippen molar-refractivity contribution in [2.45, 2.75) is 270 Å². The second-order valence-corrected chi connectivity index (χ2v) is 17.9. The van der Waals surface area contributed by atoms with Crippen LogP contribution in [0.15, 0.2) is 72.9 Å². The molecule has 0 saturated carbocycles. The second-order valence-electron chi connectivity index (χ2n) is 17.9. The van der Waals surface area contributed by atoms with Crippen molar-refractivity contribution in [2.24, 2.45) is 0 Å². The van der Waals surface area contributed by atoms with Crippen molar-refractivity contribution in [1.29, 1.82) is 0 Å². The Bertz CT molecular complexity index is 1170. The lowest BCUT2D eigenvalue weighted by Crippen LogP contribution is -2.46. The summed E-state index contributed by atoms with van der Waals surface area (Å²) < 4.78 is 5.91. The normalized spacial score (nSPS) is 13.8. The van der Waals surface area contributed by atoms with Crippen LogP contribution in [0.2, 0.25) is 0 Å². The number of allylic oxidation sites excluding steroid dienone is 12. The quantitative estimate of drug-likeness (QED) is 0.0321. The summed E-state index contributed by atoms with van der Waals surface area (Å²) in [6.45, 7) is 6.41. The molecule has 0 aromatic heterocycles. The Labute approximate surface area is 390 Å². The standard InChI is InChI=1S/C57H101NO5/c1-4-7-10-13-16-19-22-25-27-28-30-32-35-38-41-44-47-50-57(62)63-53(48-45-42-39-36-33-31-29-26-23-20-17-14-11-8-5-2)51-56(61)58-54(52-59)55(60)49-46-43-40-37-34-24-21-18-15-12-9-6-3/h16-17,19-20,25-27,29-30,32,38,41,53-55,59-60H,4-15,18,21-24,28,31,33-37,39-40,42-52H2,1-3H3,(H,58,61)/b19-16-,20-17-,27-25-,29-26-,32-30-,41-38-. The summed E-state index contributed by atoms with van der Waals surface area (Å²) in [6.07, 6.45) is 63.9. The fourth-order valence-corrected chi connectivity index (χ4v) is 7.69. The first kappa shape index (κ1) is 60.3. The van der Waals surface area contributed by atoms with E-state index in [2.05, 4.69) is 99.0 Å². The van der Waals surface area contributed by atoms with Gasteiger partial charge in [-0.3, -0.25) is 9.59 Å². The minimum absolute atomic E-state index is 0.0442. The van der Waals surface area contributed by atoms with Crippen molar-refractivity contribution in [1.82, 2.24) is 5.32 Å². The Morgan fingerprint density at radius 3 is 1.25 bits per heavy atom. The Hall–Kier alpha value is -2.70. The highest BCUT2D eigenvalue weighted by Gasteiger charge is 2.24. The molecule has 0 saturated heterocycles. The summed E-state index contributed by atoms with van der Waals surface area (Å²) in [5, 5.41) is 23.8. The molecule has 0 fully saturated rings. The first-order valence-electron chi connectivity index (χ1n) is 26.7. The van der Waals surface area contributed by atoms with Crippen molar-refractivity contribution in [2.75, 3.05) is 6.61 Å². The Morgan fingerprint density at radius 1 is 0.460 bits per heavy atom. The first-order valence-corrected chi connectivity index (χ1v) is 26.7. The van der Waals surface area contributed by atoms with E-state index in [-0.39, 0.29) is 24.9 Å². The molecule has 0 aromatic rings. The topological polar surface area (TPSA) is 95.9 Å². The number of aliphatic hydroxyl groups excluding tert-OH is 2. The van der Waals surface area contributed by atoms with Crippen molar-refractivity contribution in [3.05, 3.63) is 72.9 Å². The fourth-order valence-electron chi connectivity index (χ4n) is 7.69. The van der Waals surface area contributed by atoms with Crippen LogP contribution >= 0.6 is 0 Å². The van der Waals surface area contributed by atoms with Crippen LogP contribution < -0.4 is 5.32 Å². The van der Waals surface area contributed by atoms with E-state index in [1.54, 1.807) is 0 Å². The zero-order valence-electron chi connectivity index (χ0n) is 41.4. The maximum atomic E-state index is 13.2. The summed E-state index contributed by atoms with van der Waals surface area (Å²) in [5.74, 6) is -0.554. The van der Waals surface area contributed by atoms with Gasteiger partial charge in [-0.2, -0.15) is 0 Å². The summed E-state index contributed by atoms with van der Waals surface area (Å²) >= 11 is 0. The van der Waals surface area contributed by atoms with Crippen LogP contribution in [0.4, 0.5) is 0 Å². The van der Waals surface area contributed by atoms with Gasteiger partial charge in [-0.25, -0.2) is 0 Å². The van der Waals surface area contributed by atoms with Crippen LogP contribution in [0.25, 0.3) is 0 Å². The van der Waals surface area contributed by atoms with Gasteiger partial charge in [0.1, 0.15) is 6.10 Å². The third-order valence-electron chi connectivity index (χ3n) is 11.8. The van der Waals surface area contributed by atoms with Gasteiger partial charge in [0.2, 0.25) is 5.91 Å². The average Bonchev–Trinajstić information content (AvgIpc) is 3.28. The number of unbranched alkanes of at least 4 members (excludes halogenated alkanes) is 23. The highest BCUT2D eigenvalue weighted by molar-refractivity contribution is 5.77. The Balaban J connectivity index is 4.71. The van der Waals surface area contributed by atoms with E-state index in [4.69, 9.17) is 4.74 Å². The number of hydrogen-bond donors (Lipinski definition) is 3. The maximum Gasteiger partial charge on any atom is 0.306 e. The first-order chi connectivity index (χ1) is 31.0. The van der Waals surface area contributed by atoms with Gasteiger partial charge in [-0.1, -0.05) is 216 Å². The number of nitrogens with one attached hydrogen (secondary N) is 1. The molecular formula is C57H101NO5. The largest absolute Gasteiger partial charge is 0.462 e. The number of esters is 1. The molecule has 364 valence electrons. The number of aliphatic hydroxyl groups is 2. The van der Waals surface area contributed by atoms with Gasteiger partial charge in [0.25, 0.3) is 0 Å². The summed E-state index contributed by atoms with van der Waals surface area (Å²) in [5.41, 5.74) is 0. The molecule has 6 heteroatoms. The van der Waals surface area contributed by atoms with Crippen molar-refractivity contribution >= 4 is 11.9 Å². The van der Waals surface area contributed by atoms with Crippen LogP contribution in [0, 0.1) is 0 Å². The number of rotatable bonds is 47. The molecule has 3 unspecified atom stereocenters. The third-order valence-corrected chi connectivity index (χ3v) is 11.8. The van der Waals surface area contributed by atoms with Crippen molar-refractivity contribution in [3.63, 3.8) is 0 Å². The molecule has 3 N–H and O–H groups in total. The SMILES string of the molecule is CCCCC/C=C\C/C=C\C/C=C\C/C=C\CCCC(=O)OC(CCCCCCC/C=C\C/C=C\CCCCC)CC(=O)NC(CO)C(O)CCCCCCCCCCCCCC. The number of ether oxygens (including phenoxy) is 1. The van der Waals surface area contributed by atoms with Crippen LogP contribution in [-0.2, 0) is 14.3 Å². The van der Waals surface area contributed by atoms with E-state index < -0.39 is 18.2 Å². The maximum absolute atomic E-state index is 13.2. The summed E-state index contributed by atoms with van der Waals surface area (Å²) in [6, 6.07) is -0.720. The van der Waals surface area contributed by atoms with E-state index >= 15 is 0 Å². The number of carbonyl (C=O) groups is 2. The zero-order chi connectivity index (χ0) is 45.9. The minimum Gasteiger partial charge on any atom is -0.462 e. The predicted octanol–water partition coefficient (Wildman–Crippen LogP) is 16.2. The molecule has 0 aliphatic carbocycles. The molecular weight excluding hydrogens is 779 g/mol. The Kier molecular flexibility index (Phi) is 48.1. The fraction of sp³-hybridized carbons (Fsp3) is 0.754. The molecule has 0 heterocycles. The monoisotopic (exact) mass is 880 g/mol. The number of amides is 1. The predicted molar refractivity (Wildman–Crippen MR) is 273 cm³/mol. The van der Waals surface area contributed by atoms with Gasteiger partial charge >= 0.3 is 5.97 Å². The molecule has 3 atom stereocenters. The van der Waals surface area contributed by atoms with Crippen molar-refractivity contribution < 1.29 is 24.5 Å². The van der Waals surface area contributed by atoms with E-state index in [1.807, 2.05) is 0 Å². The van der Waals surface area contributed by atoms with E-state index in [0.717, 1.165) is 83.5 Å². The molecule has 0 rings (SSSR count). The van der Waals surface area contributed by atoms with Crippen LogP contribution in [0.1, 0.15) is 252 Å². The van der Waals surface area contributed by atoms with E-state index in [9.17, 15) is 19.8 Å². The van der Waals surface area contributed by atoms with Crippen LogP contribution in [0.3, 0.4) is 0 Å². The van der Waals surface area contributed by atoms with Gasteiger partial charge in [0.05, 0.1) is 25.2 Å². The van der Waals surface area contributed by atoms with E-state index in [1.165, 1.54) is 116 Å². The van der Waals surface area contributed by atoms with Gasteiger partial charge in [-0.15, -0.1) is 0 Å². The summed E-state index contributed by atoms with van der Waals surface area (Å²) in [4.78, 5) is 26.2. The van der Waals surface area contributed by atoms with Gasteiger partial charge in [0.15, 0.2) is 0 Å². The molecule has 0 aliphatic rings. The van der Waals surface area contributed by atoms with Crippen LogP contribution in [-0.4, -0.2) is 46.9 Å². The lowest BCUT2D eigenvalue weighted by atomic mass is 10.0. The molecule has 1 amide bonds. The lowest BCUT2D eigenvalue weighted by molar-refractivity contribution is -0.151. The zero-order valence-corrected chi connectivity index (χ0v) is 41.4. The third kappa shape index (κ3) is 45.7. The highest BCUT2D eigenvalue weighted by atomic mass is 16.5. The lowest BCUT2D eigenvalue weighted by Gasteiger charge is -2.24. The van der Waals surface area contributed by atoms with Crippen LogP contribution in [0.5, 0.6) is 0 Å². The smallest absolute Gasteiger partial charge is 0.306 e. The molecule has 6 nitrogen and oxygen atoms in total. The Morgan fingerprint density at radius 2 is 0.810 bits per heavy atom.